The summed E-state index contributed by atoms with van der Waals surface area (Å²) < 4.78 is 5.06. The van der Waals surface area contributed by atoms with E-state index in [9.17, 15) is 9.59 Å². The highest BCUT2D eigenvalue weighted by molar-refractivity contribution is 6.42. The fraction of sp³-hybridized carbons (Fsp3) is 0.105. The normalized spacial score (nSPS) is 11.6. The van der Waals surface area contributed by atoms with Crippen molar-refractivity contribution in [2.24, 2.45) is 0 Å². The Morgan fingerprint density at radius 3 is 2.46 bits per heavy atom. The van der Waals surface area contributed by atoms with Crippen molar-refractivity contribution in [3.63, 3.8) is 0 Å². The standard InChI is InChI=1S/C19H14Cl2N2O3/c1-12(19(25)23-15-6-2-14(11-22)3-7-15)26-18(24)9-5-13-4-8-16(20)17(21)10-13/h2-10,12H,1H3,(H,23,25)/b9-5+/t12-/m0/s1. The lowest BCUT2D eigenvalue weighted by molar-refractivity contribution is -0.148. The van der Waals surface area contributed by atoms with Crippen LogP contribution >= 0.6 is 23.2 Å². The maximum Gasteiger partial charge on any atom is 0.331 e. The molecule has 132 valence electrons. The molecule has 26 heavy (non-hydrogen) atoms. The summed E-state index contributed by atoms with van der Waals surface area (Å²) in [6, 6.07) is 13.2. The van der Waals surface area contributed by atoms with Crippen molar-refractivity contribution in [1.82, 2.24) is 0 Å². The van der Waals surface area contributed by atoms with E-state index < -0.39 is 18.0 Å². The summed E-state index contributed by atoms with van der Waals surface area (Å²) in [4.78, 5) is 23.9. The summed E-state index contributed by atoms with van der Waals surface area (Å²) in [7, 11) is 0. The number of anilines is 1. The third-order valence-corrected chi connectivity index (χ3v) is 4.04. The van der Waals surface area contributed by atoms with Crippen LogP contribution in [-0.2, 0) is 14.3 Å². The minimum absolute atomic E-state index is 0.373. The third kappa shape index (κ3) is 5.62. The summed E-state index contributed by atoms with van der Waals surface area (Å²) in [6.45, 7) is 1.46. The Labute approximate surface area is 160 Å². The summed E-state index contributed by atoms with van der Waals surface area (Å²) >= 11 is 11.7. The zero-order valence-corrected chi connectivity index (χ0v) is 15.2. The monoisotopic (exact) mass is 388 g/mol. The van der Waals surface area contributed by atoms with Gasteiger partial charge >= 0.3 is 5.97 Å². The first-order valence-corrected chi connectivity index (χ1v) is 8.29. The maximum atomic E-state index is 12.0. The van der Waals surface area contributed by atoms with E-state index in [1.807, 2.05) is 6.07 Å². The zero-order valence-electron chi connectivity index (χ0n) is 13.7. The molecule has 0 radical (unpaired) electrons. The Morgan fingerprint density at radius 1 is 1.15 bits per heavy atom. The van der Waals surface area contributed by atoms with E-state index in [-0.39, 0.29) is 0 Å². The number of hydrogen-bond acceptors (Lipinski definition) is 4. The average molecular weight is 389 g/mol. The van der Waals surface area contributed by atoms with Gasteiger partial charge in [-0.1, -0.05) is 29.3 Å². The summed E-state index contributed by atoms with van der Waals surface area (Å²) in [5, 5.41) is 12.1. The molecule has 7 heteroatoms. The van der Waals surface area contributed by atoms with Gasteiger partial charge in [0.05, 0.1) is 21.7 Å². The van der Waals surface area contributed by atoms with Gasteiger partial charge in [-0.3, -0.25) is 4.79 Å². The average Bonchev–Trinajstić information content (AvgIpc) is 2.63. The molecule has 0 saturated carbocycles. The van der Waals surface area contributed by atoms with Gasteiger partial charge < -0.3 is 10.1 Å². The van der Waals surface area contributed by atoms with Crippen LogP contribution in [0.4, 0.5) is 5.69 Å². The number of hydrogen-bond donors (Lipinski definition) is 1. The Kier molecular flexibility index (Phi) is 6.79. The van der Waals surface area contributed by atoms with Crippen molar-refractivity contribution >= 4 is 46.8 Å². The second-order valence-corrected chi connectivity index (χ2v) is 6.08. The molecule has 2 aromatic rings. The van der Waals surface area contributed by atoms with Gasteiger partial charge in [0, 0.05) is 11.8 Å². The van der Waals surface area contributed by atoms with E-state index >= 15 is 0 Å². The second-order valence-electron chi connectivity index (χ2n) is 5.26. The third-order valence-electron chi connectivity index (χ3n) is 3.30. The lowest BCUT2D eigenvalue weighted by Crippen LogP contribution is -2.29. The van der Waals surface area contributed by atoms with Crippen LogP contribution < -0.4 is 5.32 Å². The molecule has 2 rings (SSSR count). The summed E-state index contributed by atoms with van der Waals surface area (Å²) in [5.74, 6) is -1.15. The van der Waals surface area contributed by atoms with Crippen LogP contribution in [0.3, 0.4) is 0 Å². The Morgan fingerprint density at radius 2 is 1.85 bits per heavy atom. The number of halogens is 2. The van der Waals surface area contributed by atoms with Gasteiger partial charge in [-0.25, -0.2) is 4.79 Å². The largest absolute Gasteiger partial charge is 0.449 e. The number of amides is 1. The van der Waals surface area contributed by atoms with Gasteiger partial charge in [-0.05, 0) is 55.0 Å². The number of esters is 1. The molecule has 0 saturated heterocycles. The number of nitrogens with one attached hydrogen (secondary N) is 1. The van der Waals surface area contributed by atoms with Gasteiger partial charge in [0.25, 0.3) is 5.91 Å². The van der Waals surface area contributed by atoms with Crippen LogP contribution in [-0.4, -0.2) is 18.0 Å². The van der Waals surface area contributed by atoms with Gasteiger partial charge in [0.2, 0.25) is 0 Å². The molecular formula is C19H14Cl2N2O3. The molecular weight excluding hydrogens is 375 g/mol. The second kappa shape index (κ2) is 9.04. The van der Waals surface area contributed by atoms with Crippen LogP contribution in [0.15, 0.2) is 48.5 Å². The topological polar surface area (TPSA) is 79.2 Å². The summed E-state index contributed by atoms with van der Waals surface area (Å²) in [6.07, 6.45) is 1.72. The molecule has 0 heterocycles. The molecule has 2 aromatic carbocycles. The van der Waals surface area contributed by atoms with Crippen LogP contribution in [0.5, 0.6) is 0 Å². The van der Waals surface area contributed by atoms with Gasteiger partial charge in [0.15, 0.2) is 6.10 Å². The predicted molar refractivity (Wildman–Crippen MR) is 101 cm³/mol. The molecule has 0 fully saturated rings. The van der Waals surface area contributed by atoms with Crippen molar-refractivity contribution in [2.75, 3.05) is 5.32 Å². The first kappa shape index (κ1) is 19.5. The van der Waals surface area contributed by atoms with E-state index in [1.54, 1.807) is 42.5 Å². The fourth-order valence-corrected chi connectivity index (χ4v) is 2.23. The molecule has 0 aliphatic carbocycles. The number of benzene rings is 2. The molecule has 0 bridgehead atoms. The number of nitrogens with zero attached hydrogens (tertiary/aromatic N) is 1. The van der Waals surface area contributed by atoms with E-state index in [4.69, 9.17) is 33.2 Å². The van der Waals surface area contributed by atoms with Gasteiger partial charge in [-0.15, -0.1) is 0 Å². The molecule has 1 amide bonds. The minimum Gasteiger partial charge on any atom is -0.449 e. The Hall–Kier alpha value is -2.81. The highest BCUT2D eigenvalue weighted by atomic mass is 35.5. The van der Waals surface area contributed by atoms with Crippen LogP contribution in [0.1, 0.15) is 18.1 Å². The van der Waals surface area contributed by atoms with Gasteiger partial charge in [-0.2, -0.15) is 5.26 Å². The lowest BCUT2D eigenvalue weighted by atomic mass is 10.2. The van der Waals surface area contributed by atoms with Crippen molar-refractivity contribution in [3.05, 3.63) is 69.7 Å². The molecule has 5 nitrogen and oxygen atoms in total. The van der Waals surface area contributed by atoms with Gasteiger partial charge in [0.1, 0.15) is 0 Å². The van der Waals surface area contributed by atoms with E-state index in [0.29, 0.717) is 26.9 Å². The quantitative estimate of drug-likeness (QED) is 0.605. The molecule has 0 aliphatic rings. The maximum absolute atomic E-state index is 12.0. The number of rotatable bonds is 5. The molecule has 1 atom stereocenters. The molecule has 0 spiro atoms. The number of nitriles is 1. The van der Waals surface area contributed by atoms with Crippen molar-refractivity contribution in [1.29, 1.82) is 5.26 Å². The lowest BCUT2D eigenvalue weighted by Gasteiger charge is -2.12. The SMILES string of the molecule is C[C@H](OC(=O)/C=C/c1ccc(Cl)c(Cl)c1)C(=O)Nc1ccc(C#N)cc1. The van der Waals surface area contributed by atoms with Crippen LogP contribution in [0.2, 0.25) is 10.0 Å². The van der Waals surface area contributed by atoms with E-state index in [0.717, 1.165) is 0 Å². The zero-order chi connectivity index (χ0) is 19.1. The molecule has 0 aliphatic heterocycles. The number of carbonyl (C=O) groups is 2. The predicted octanol–water partition coefficient (Wildman–Crippen LogP) is 4.45. The first-order valence-electron chi connectivity index (χ1n) is 7.54. The van der Waals surface area contributed by atoms with Crippen LogP contribution in [0.25, 0.3) is 6.08 Å². The molecule has 0 aromatic heterocycles. The highest BCUT2D eigenvalue weighted by Gasteiger charge is 2.16. The minimum atomic E-state index is -0.989. The Balaban J connectivity index is 1.90. The van der Waals surface area contributed by atoms with Crippen molar-refractivity contribution in [3.8, 4) is 6.07 Å². The van der Waals surface area contributed by atoms with Crippen LogP contribution in [0, 0.1) is 11.3 Å². The van der Waals surface area contributed by atoms with Crippen molar-refractivity contribution in [2.45, 2.75) is 13.0 Å². The number of carbonyl (C=O) groups excluding carboxylic acids is 2. The Bertz CT molecular complexity index is 887. The van der Waals surface area contributed by atoms with Crippen molar-refractivity contribution < 1.29 is 14.3 Å². The van der Waals surface area contributed by atoms with E-state index in [2.05, 4.69) is 5.32 Å². The molecule has 0 unspecified atom stereocenters. The number of ether oxygens (including phenoxy) is 1. The summed E-state index contributed by atoms with van der Waals surface area (Å²) in [5.41, 5.74) is 1.66. The molecule has 1 N–H and O–H groups in total. The smallest absolute Gasteiger partial charge is 0.331 e. The fourth-order valence-electron chi connectivity index (χ4n) is 1.92. The van der Waals surface area contributed by atoms with E-state index in [1.165, 1.54) is 19.1 Å². The highest BCUT2D eigenvalue weighted by Crippen LogP contribution is 2.23. The first-order chi connectivity index (χ1) is 12.4.